The predicted octanol–water partition coefficient (Wildman–Crippen LogP) is 7.74. The number of hydrogen-bond acceptors (Lipinski definition) is 4. The summed E-state index contributed by atoms with van der Waals surface area (Å²) in [6, 6.07) is 23.1. The molecule has 0 saturated heterocycles. The predicted molar refractivity (Wildman–Crippen MR) is 128 cm³/mol. The smallest absolute Gasteiger partial charge is 0.333 e. The van der Waals surface area contributed by atoms with E-state index in [-0.39, 0.29) is 5.97 Å². The van der Waals surface area contributed by atoms with Crippen LogP contribution in [0.5, 0.6) is 0 Å². The Morgan fingerprint density at radius 2 is 1.73 bits per heavy atom. The molecule has 0 bridgehead atoms. The zero-order chi connectivity index (χ0) is 21.1. The van der Waals surface area contributed by atoms with Crippen molar-refractivity contribution in [1.82, 2.24) is 0 Å². The first kappa shape index (κ1) is 20.8. The van der Waals surface area contributed by atoms with Gasteiger partial charge in [0.15, 0.2) is 0 Å². The Bertz CT molecular complexity index is 1110. The van der Waals surface area contributed by atoms with Crippen LogP contribution in [0.1, 0.15) is 25.8 Å². The van der Waals surface area contributed by atoms with Gasteiger partial charge in [0.1, 0.15) is 0 Å². The van der Waals surface area contributed by atoms with Crippen molar-refractivity contribution in [3.05, 3.63) is 82.3 Å². The number of hydrogen-bond donors (Lipinski definition) is 0. The fraction of sp³-hybridized carbons (Fsp3) is 0.160. The highest BCUT2D eigenvalue weighted by Crippen LogP contribution is 2.51. The quantitative estimate of drug-likeness (QED) is 0.216. The van der Waals surface area contributed by atoms with E-state index in [1.165, 1.54) is 10.6 Å². The highest BCUT2D eigenvalue weighted by Gasteiger charge is 2.24. The van der Waals surface area contributed by atoms with Crippen LogP contribution in [0.25, 0.3) is 6.08 Å². The number of para-hydroxylation sites is 1. The average molecular weight is 480 g/mol. The van der Waals surface area contributed by atoms with Gasteiger partial charge >= 0.3 is 5.97 Å². The molecule has 5 heteroatoms. The van der Waals surface area contributed by atoms with Crippen LogP contribution < -0.4 is 4.90 Å². The van der Waals surface area contributed by atoms with Crippen molar-refractivity contribution in [2.45, 2.75) is 30.1 Å². The Kier molecular flexibility index (Phi) is 6.30. The Morgan fingerprint density at radius 3 is 2.47 bits per heavy atom. The van der Waals surface area contributed by atoms with Crippen molar-refractivity contribution in [3.63, 3.8) is 0 Å². The standard InChI is InChI=1S/C25H22BrNO2S/c1-3-18(25(28)29-4-2)15-17-9-14-22-24(16-17)30-23-8-6-5-7-21(23)27(22)20-12-10-19(26)11-13-20/h5-16H,3-4H2,1-2H3/b18-15+. The van der Waals surface area contributed by atoms with Crippen LogP contribution in [0.15, 0.2) is 86.6 Å². The van der Waals surface area contributed by atoms with Crippen LogP contribution in [0, 0.1) is 0 Å². The molecule has 0 atom stereocenters. The lowest BCUT2D eigenvalue weighted by Gasteiger charge is -2.33. The minimum Gasteiger partial charge on any atom is -0.463 e. The molecule has 0 aliphatic carbocycles. The Morgan fingerprint density at radius 1 is 1.00 bits per heavy atom. The molecule has 152 valence electrons. The van der Waals surface area contributed by atoms with Gasteiger partial charge in [0, 0.05) is 25.5 Å². The molecule has 1 aliphatic heterocycles. The fourth-order valence-corrected chi connectivity index (χ4v) is 4.83. The van der Waals surface area contributed by atoms with Crippen molar-refractivity contribution in [3.8, 4) is 0 Å². The summed E-state index contributed by atoms with van der Waals surface area (Å²) in [7, 11) is 0. The number of benzene rings is 3. The lowest BCUT2D eigenvalue weighted by molar-refractivity contribution is -0.138. The van der Waals surface area contributed by atoms with Gasteiger partial charge in [0.2, 0.25) is 0 Å². The Labute approximate surface area is 189 Å². The molecule has 1 aliphatic rings. The maximum Gasteiger partial charge on any atom is 0.333 e. The topological polar surface area (TPSA) is 29.5 Å². The molecular weight excluding hydrogens is 458 g/mol. The van der Waals surface area contributed by atoms with Gasteiger partial charge in [-0.15, -0.1) is 0 Å². The van der Waals surface area contributed by atoms with E-state index >= 15 is 0 Å². The number of halogens is 1. The minimum atomic E-state index is -0.243. The van der Waals surface area contributed by atoms with E-state index in [4.69, 9.17) is 4.74 Å². The molecule has 0 N–H and O–H groups in total. The number of nitrogens with zero attached hydrogens (tertiary/aromatic N) is 1. The van der Waals surface area contributed by atoms with Gasteiger partial charge in [-0.2, -0.15) is 0 Å². The first-order valence-corrected chi connectivity index (χ1v) is 11.6. The lowest BCUT2D eigenvalue weighted by Crippen LogP contribution is -2.14. The number of fused-ring (bicyclic) bond motifs is 2. The molecule has 0 fully saturated rings. The Hall–Kier alpha value is -2.50. The molecular formula is C25H22BrNO2S. The molecule has 0 aromatic heterocycles. The molecule has 0 amide bonds. The van der Waals surface area contributed by atoms with Crippen molar-refractivity contribution in [2.24, 2.45) is 0 Å². The molecule has 0 saturated carbocycles. The van der Waals surface area contributed by atoms with E-state index in [0.717, 1.165) is 26.3 Å². The molecule has 0 unspecified atom stereocenters. The average Bonchev–Trinajstić information content (AvgIpc) is 2.76. The van der Waals surface area contributed by atoms with E-state index in [9.17, 15) is 4.79 Å². The molecule has 3 aromatic carbocycles. The summed E-state index contributed by atoms with van der Waals surface area (Å²) >= 11 is 5.28. The summed E-state index contributed by atoms with van der Waals surface area (Å²) in [5.74, 6) is -0.243. The van der Waals surface area contributed by atoms with Crippen LogP contribution in [0.2, 0.25) is 0 Å². The van der Waals surface area contributed by atoms with Crippen LogP contribution in [0.4, 0.5) is 17.1 Å². The van der Waals surface area contributed by atoms with E-state index in [0.29, 0.717) is 18.6 Å². The zero-order valence-electron chi connectivity index (χ0n) is 16.9. The zero-order valence-corrected chi connectivity index (χ0v) is 19.3. The second-order valence-corrected chi connectivity index (χ2v) is 8.85. The number of carbonyl (C=O) groups excluding carboxylic acids is 1. The molecule has 0 spiro atoms. The molecule has 3 nitrogen and oxygen atoms in total. The van der Waals surface area contributed by atoms with Crippen LogP contribution in [-0.2, 0) is 9.53 Å². The summed E-state index contributed by atoms with van der Waals surface area (Å²) in [4.78, 5) is 16.8. The van der Waals surface area contributed by atoms with Crippen LogP contribution >= 0.6 is 27.7 Å². The summed E-state index contributed by atoms with van der Waals surface area (Å²) in [6.07, 6.45) is 2.57. The van der Waals surface area contributed by atoms with E-state index in [1.807, 2.05) is 19.9 Å². The van der Waals surface area contributed by atoms with Gasteiger partial charge in [0.05, 0.1) is 18.0 Å². The Balaban J connectivity index is 1.78. The van der Waals surface area contributed by atoms with Crippen molar-refractivity contribution < 1.29 is 9.53 Å². The van der Waals surface area contributed by atoms with E-state index < -0.39 is 0 Å². The summed E-state index contributed by atoms with van der Waals surface area (Å²) < 4.78 is 6.24. The highest BCUT2D eigenvalue weighted by atomic mass is 79.9. The van der Waals surface area contributed by atoms with Gasteiger partial charge in [-0.05, 0) is 73.5 Å². The van der Waals surface area contributed by atoms with Crippen molar-refractivity contribution in [2.75, 3.05) is 11.5 Å². The second kappa shape index (κ2) is 9.11. The lowest BCUT2D eigenvalue weighted by atomic mass is 10.1. The third-order valence-electron chi connectivity index (χ3n) is 4.90. The van der Waals surface area contributed by atoms with Gasteiger partial charge in [-0.3, -0.25) is 0 Å². The number of rotatable bonds is 5. The maximum absolute atomic E-state index is 12.2. The molecule has 1 heterocycles. The number of esters is 1. The normalized spacial score (nSPS) is 12.9. The second-order valence-electron chi connectivity index (χ2n) is 6.85. The summed E-state index contributed by atoms with van der Waals surface area (Å²) in [5, 5.41) is 0. The highest BCUT2D eigenvalue weighted by molar-refractivity contribution is 9.10. The molecule has 4 rings (SSSR count). The van der Waals surface area contributed by atoms with Crippen LogP contribution in [-0.4, -0.2) is 12.6 Å². The molecule has 0 radical (unpaired) electrons. The van der Waals surface area contributed by atoms with Gasteiger partial charge in [-0.1, -0.05) is 52.8 Å². The van der Waals surface area contributed by atoms with Crippen molar-refractivity contribution in [1.29, 1.82) is 0 Å². The van der Waals surface area contributed by atoms with Gasteiger partial charge in [0.25, 0.3) is 0 Å². The SMILES string of the molecule is CCOC(=O)/C(=C/c1ccc2c(c1)Sc1ccccc1N2c1ccc(Br)cc1)CC. The van der Waals surface area contributed by atoms with E-state index in [2.05, 4.69) is 87.6 Å². The number of carbonyl (C=O) groups is 1. The minimum absolute atomic E-state index is 0.243. The first-order valence-electron chi connectivity index (χ1n) is 9.95. The fourth-order valence-electron chi connectivity index (χ4n) is 3.46. The summed E-state index contributed by atoms with van der Waals surface area (Å²) in [5.41, 5.74) is 5.09. The van der Waals surface area contributed by atoms with Gasteiger partial charge < -0.3 is 9.64 Å². The molecule has 30 heavy (non-hydrogen) atoms. The van der Waals surface area contributed by atoms with Crippen LogP contribution in [0.3, 0.4) is 0 Å². The van der Waals surface area contributed by atoms with Gasteiger partial charge in [-0.25, -0.2) is 4.79 Å². The first-order chi connectivity index (χ1) is 14.6. The third-order valence-corrected chi connectivity index (χ3v) is 6.54. The monoisotopic (exact) mass is 479 g/mol. The summed E-state index contributed by atoms with van der Waals surface area (Å²) in [6.45, 7) is 4.19. The van der Waals surface area contributed by atoms with Crippen molar-refractivity contribution >= 4 is 56.8 Å². The third kappa shape index (κ3) is 4.18. The largest absolute Gasteiger partial charge is 0.463 e. The number of anilines is 3. The maximum atomic E-state index is 12.2. The number of ether oxygens (including phenoxy) is 1. The molecule has 3 aromatic rings. The van der Waals surface area contributed by atoms with E-state index in [1.54, 1.807) is 11.8 Å².